The number of rotatable bonds is 9. The van der Waals surface area contributed by atoms with Crippen molar-refractivity contribution >= 4 is 39.5 Å². The average Bonchev–Trinajstić information content (AvgIpc) is 2.71. The second-order valence-electron chi connectivity index (χ2n) is 6.29. The fourth-order valence-electron chi connectivity index (χ4n) is 2.79. The minimum Gasteiger partial charge on any atom is -0.496 e. The lowest BCUT2D eigenvalue weighted by Gasteiger charge is -2.25. The third-order valence-electron chi connectivity index (χ3n) is 4.31. The number of ether oxygens (including phenoxy) is 1. The van der Waals surface area contributed by atoms with Crippen LogP contribution in [0.2, 0.25) is 0 Å². The van der Waals surface area contributed by atoms with Gasteiger partial charge >= 0.3 is 0 Å². The van der Waals surface area contributed by atoms with Crippen molar-refractivity contribution in [3.8, 4) is 5.75 Å². The van der Waals surface area contributed by atoms with Crippen LogP contribution in [0.3, 0.4) is 0 Å². The van der Waals surface area contributed by atoms with Gasteiger partial charge in [-0.15, -0.1) is 0 Å². The maximum atomic E-state index is 13.0. The lowest BCUT2D eigenvalue weighted by Crippen LogP contribution is -2.47. The standard InChI is InChI=1S/C21H25BrN2O3S/c1-24(14-15-8-4-6-10-17(15)22)21(26)18(12-13-28-3)23-20(25)16-9-5-7-11-19(16)27-2/h4-11,18H,12-14H2,1-3H3,(H,23,25). The third-order valence-corrected chi connectivity index (χ3v) is 5.72. The lowest BCUT2D eigenvalue weighted by atomic mass is 10.1. The molecule has 1 N–H and O–H groups in total. The molecule has 2 amide bonds. The summed E-state index contributed by atoms with van der Waals surface area (Å²) >= 11 is 5.16. The van der Waals surface area contributed by atoms with E-state index in [4.69, 9.17) is 4.74 Å². The van der Waals surface area contributed by atoms with E-state index >= 15 is 0 Å². The molecule has 28 heavy (non-hydrogen) atoms. The summed E-state index contributed by atoms with van der Waals surface area (Å²) in [5, 5.41) is 2.89. The molecule has 150 valence electrons. The zero-order valence-corrected chi connectivity index (χ0v) is 18.7. The normalized spacial score (nSPS) is 11.6. The number of methoxy groups -OCH3 is 1. The van der Waals surface area contributed by atoms with Crippen molar-refractivity contribution in [2.24, 2.45) is 0 Å². The maximum absolute atomic E-state index is 13.0. The summed E-state index contributed by atoms with van der Waals surface area (Å²) in [5.74, 6) is 0.822. The fraction of sp³-hybridized carbons (Fsp3) is 0.333. The third kappa shape index (κ3) is 6.01. The molecule has 0 saturated carbocycles. The Morgan fingerprint density at radius 3 is 2.54 bits per heavy atom. The van der Waals surface area contributed by atoms with E-state index in [2.05, 4.69) is 21.2 Å². The molecule has 2 aromatic rings. The molecular weight excluding hydrogens is 440 g/mol. The van der Waals surface area contributed by atoms with E-state index < -0.39 is 6.04 Å². The molecule has 0 fully saturated rings. The Labute approximate surface area is 179 Å². The number of nitrogens with one attached hydrogen (secondary N) is 1. The zero-order chi connectivity index (χ0) is 20.5. The SMILES string of the molecule is COc1ccccc1C(=O)NC(CCSC)C(=O)N(C)Cc1ccccc1Br. The van der Waals surface area contributed by atoms with Gasteiger partial charge in [0.15, 0.2) is 0 Å². The van der Waals surface area contributed by atoms with Gasteiger partial charge in [-0.05, 0) is 42.2 Å². The number of halogens is 1. The number of benzene rings is 2. The number of likely N-dealkylation sites (N-methyl/N-ethyl adjacent to an activating group) is 1. The highest BCUT2D eigenvalue weighted by atomic mass is 79.9. The quantitative estimate of drug-likeness (QED) is 0.609. The largest absolute Gasteiger partial charge is 0.496 e. The topological polar surface area (TPSA) is 58.6 Å². The van der Waals surface area contributed by atoms with E-state index in [1.165, 1.54) is 7.11 Å². The number of thioether (sulfide) groups is 1. The van der Waals surface area contributed by atoms with Crippen molar-refractivity contribution in [1.29, 1.82) is 0 Å². The van der Waals surface area contributed by atoms with Crippen LogP contribution < -0.4 is 10.1 Å². The van der Waals surface area contributed by atoms with Gasteiger partial charge in [0.2, 0.25) is 5.91 Å². The highest BCUT2D eigenvalue weighted by Crippen LogP contribution is 2.19. The Morgan fingerprint density at radius 2 is 1.86 bits per heavy atom. The maximum Gasteiger partial charge on any atom is 0.255 e. The van der Waals surface area contributed by atoms with E-state index in [1.807, 2.05) is 30.5 Å². The summed E-state index contributed by atoms with van der Waals surface area (Å²) in [6.07, 6.45) is 2.54. The Kier molecular flexibility index (Phi) is 8.86. The number of para-hydroxylation sites is 1. The summed E-state index contributed by atoms with van der Waals surface area (Å²) < 4.78 is 6.22. The van der Waals surface area contributed by atoms with Gasteiger partial charge in [-0.25, -0.2) is 0 Å². The molecule has 0 saturated heterocycles. The first kappa shape index (κ1) is 22.3. The van der Waals surface area contributed by atoms with Gasteiger partial charge in [0.05, 0.1) is 12.7 Å². The van der Waals surface area contributed by atoms with E-state index in [-0.39, 0.29) is 11.8 Å². The van der Waals surface area contributed by atoms with Gasteiger partial charge in [0.25, 0.3) is 5.91 Å². The number of hydrogen-bond acceptors (Lipinski definition) is 4. The second-order valence-corrected chi connectivity index (χ2v) is 8.13. The molecule has 5 nitrogen and oxygen atoms in total. The van der Waals surface area contributed by atoms with Crippen LogP contribution >= 0.6 is 27.7 Å². The first-order chi connectivity index (χ1) is 13.5. The van der Waals surface area contributed by atoms with Crippen molar-refractivity contribution in [3.63, 3.8) is 0 Å². The van der Waals surface area contributed by atoms with Crippen LogP contribution in [0.25, 0.3) is 0 Å². The molecule has 0 aromatic heterocycles. The molecule has 2 aromatic carbocycles. The fourth-order valence-corrected chi connectivity index (χ4v) is 3.67. The van der Waals surface area contributed by atoms with Crippen LogP contribution in [0.15, 0.2) is 53.0 Å². The predicted octanol–water partition coefficient (Wildman–Crippen LogP) is 3.97. The molecule has 2 rings (SSSR count). The summed E-state index contributed by atoms with van der Waals surface area (Å²) in [7, 11) is 3.27. The van der Waals surface area contributed by atoms with Crippen molar-refractivity contribution in [3.05, 3.63) is 64.1 Å². The first-order valence-electron chi connectivity index (χ1n) is 8.89. The Morgan fingerprint density at radius 1 is 1.18 bits per heavy atom. The number of carbonyl (C=O) groups excluding carboxylic acids is 2. The molecular formula is C21H25BrN2O3S. The first-order valence-corrected chi connectivity index (χ1v) is 11.1. The molecule has 0 aliphatic carbocycles. The Hall–Kier alpha value is -1.99. The Balaban J connectivity index is 2.14. The summed E-state index contributed by atoms with van der Waals surface area (Å²) in [4.78, 5) is 27.4. The van der Waals surface area contributed by atoms with Gasteiger partial charge in [-0.2, -0.15) is 11.8 Å². The van der Waals surface area contributed by atoms with Gasteiger partial charge in [-0.3, -0.25) is 9.59 Å². The van der Waals surface area contributed by atoms with Crippen molar-refractivity contribution in [2.75, 3.05) is 26.2 Å². The molecule has 0 bridgehead atoms. The molecule has 0 aliphatic heterocycles. The van der Waals surface area contributed by atoms with Crippen molar-refractivity contribution in [2.45, 2.75) is 19.0 Å². The van der Waals surface area contributed by atoms with Gasteiger partial charge in [0.1, 0.15) is 11.8 Å². The van der Waals surface area contributed by atoms with Gasteiger partial charge in [0, 0.05) is 18.1 Å². The average molecular weight is 465 g/mol. The predicted molar refractivity (Wildman–Crippen MR) is 118 cm³/mol. The van der Waals surface area contributed by atoms with Gasteiger partial charge < -0.3 is 15.0 Å². The van der Waals surface area contributed by atoms with Crippen LogP contribution in [0.5, 0.6) is 5.75 Å². The molecule has 7 heteroatoms. The molecule has 0 heterocycles. The van der Waals surface area contributed by atoms with Gasteiger partial charge in [-0.1, -0.05) is 46.3 Å². The van der Waals surface area contributed by atoms with Crippen LogP contribution in [-0.2, 0) is 11.3 Å². The highest BCUT2D eigenvalue weighted by Gasteiger charge is 2.25. The van der Waals surface area contributed by atoms with Crippen LogP contribution in [-0.4, -0.2) is 48.9 Å². The number of nitrogens with zero attached hydrogens (tertiary/aromatic N) is 1. The summed E-state index contributed by atoms with van der Waals surface area (Å²) in [5.41, 5.74) is 1.43. The summed E-state index contributed by atoms with van der Waals surface area (Å²) in [6.45, 7) is 0.459. The van der Waals surface area contributed by atoms with E-state index in [0.29, 0.717) is 24.3 Å². The molecule has 0 spiro atoms. The molecule has 1 unspecified atom stereocenters. The Bertz CT molecular complexity index is 816. The number of amides is 2. The van der Waals surface area contributed by atoms with E-state index in [1.54, 1.807) is 48.0 Å². The number of hydrogen-bond donors (Lipinski definition) is 1. The van der Waals surface area contributed by atoms with Crippen molar-refractivity contribution < 1.29 is 14.3 Å². The van der Waals surface area contributed by atoms with Crippen LogP contribution in [0.1, 0.15) is 22.3 Å². The minimum absolute atomic E-state index is 0.118. The second kappa shape index (κ2) is 11.1. The molecule has 0 aliphatic rings. The van der Waals surface area contributed by atoms with E-state index in [9.17, 15) is 9.59 Å². The lowest BCUT2D eigenvalue weighted by molar-refractivity contribution is -0.132. The molecule has 1 atom stereocenters. The van der Waals surface area contributed by atoms with Crippen molar-refractivity contribution in [1.82, 2.24) is 10.2 Å². The minimum atomic E-state index is -0.600. The number of carbonyl (C=O) groups is 2. The highest BCUT2D eigenvalue weighted by molar-refractivity contribution is 9.10. The summed E-state index contributed by atoms with van der Waals surface area (Å²) in [6, 6.07) is 14.2. The van der Waals surface area contributed by atoms with Crippen LogP contribution in [0, 0.1) is 0 Å². The monoisotopic (exact) mass is 464 g/mol. The smallest absolute Gasteiger partial charge is 0.255 e. The zero-order valence-electron chi connectivity index (χ0n) is 16.3. The van der Waals surface area contributed by atoms with Crippen LogP contribution in [0.4, 0.5) is 0 Å². The molecule has 0 radical (unpaired) electrons. The van der Waals surface area contributed by atoms with E-state index in [0.717, 1.165) is 15.8 Å².